The molecule has 1 aliphatic heterocycles. The molecule has 0 spiro atoms. The van der Waals surface area contributed by atoms with Crippen molar-refractivity contribution in [2.75, 3.05) is 16.0 Å². The lowest BCUT2D eigenvalue weighted by Crippen LogP contribution is -2.50. The van der Waals surface area contributed by atoms with E-state index in [4.69, 9.17) is 4.42 Å². The zero-order valence-electron chi connectivity index (χ0n) is 15.7. The van der Waals surface area contributed by atoms with Gasteiger partial charge >= 0.3 is 6.18 Å². The van der Waals surface area contributed by atoms with E-state index < -0.39 is 30.5 Å². The molecule has 2 aromatic heterocycles. The molecule has 0 bridgehead atoms. The maximum absolute atomic E-state index is 13.8. The van der Waals surface area contributed by atoms with Gasteiger partial charge in [0.05, 0.1) is 29.8 Å². The minimum atomic E-state index is -4.80. The molecule has 0 saturated carbocycles. The predicted molar refractivity (Wildman–Crippen MR) is 103 cm³/mol. The number of alkyl halides is 3. The van der Waals surface area contributed by atoms with Crippen LogP contribution in [0.2, 0.25) is 0 Å². The second kappa shape index (κ2) is 8.41. The molecule has 4 rings (SSSR count). The van der Waals surface area contributed by atoms with Gasteiger partial charge in [-0.1, -0.05) is 23.9 Å². The molecule has 0 aliphatic carbocycles. The number of hydrogen-bond donors (Lipinski definition) is 1. The van der Waals surface area contributed by atoms with Gasteiger partial charge in [0.25, 0.3) is 0 Å². The van der Waals surface area contributed by atoms with E-state index >= 15 is 0 Å². The Morgan fingerprint density at radius 1 is 1.26 bits per heavy atom. The highest BCUT2D eigenvalue weighted by molar-refractivity contribution is 7.99. The van der Waals surface area contributed by atoms with Crippen LogP contribution in [-0.2, 0) is 16.1 Å². The van der Waals surface area contributed by atoms with Gasteiger partial charge in [0.1, 0.15) is 18.3 Å². The summed E-state index contributed by atoms with van der Waals surface area (Å²) in [5.41, 5.74) is 0.122. The molecule has 31 heavy (non-hydrogen) atoms. The first-order valence-electron chi connectivity index (χ1n) is 9.02. The number of aromatic nitrogens is 4. The Bertz CT molecular complexity index is 1090. The van der Waals surface area contributed by atoms with E-state index in [0.29, 0.717) is 10.7 Å². The fourth-order valence-corrected chi connectivity index (χ4v) is 3.88. The number of nitrogens with one attached hydrogen (secondary N) is 1. The lowest BCUT2D eigenvalue weighted by Gasteiger charge is -2.31. The van der Waals surface area contributed by atoms with Crippen molar-refractivity contribution >= 4 is 35.0 Å². The zero-order valence-corrected chi connectivity index (χ0v) is 16.6. The first-order chi connectivity index (χ1) is 14.8. The van der Waals surface area contributed by atoms with Gasteiger partial charge in [-0.15, -0.1) is 5.10 Å². The second-order valence-corrected chi connectivity index (χ2v) is 7.52. The van der Waals surface area contributed by atoms with Crippen molar-refractivity contribution in [3.05, 3.63) is 48.4 Å². The van der Waals surface area contributed by atoms with Crippen LogP contribution in [0.5, 0.6) is 0 Å². The molecule has 1 aromatic carbocycles. The number of fused-ring (bicyclic) bond motifs is 1. The maximum atomic E-state index is 13.8. The number of anilines is 2. The summed E-state index contributed by atoms with van der Waals surface area (Å²) in [4.78, 5) is 25.6. The SMILES string of the molecule is O=C1CC(C(F)(F)F)N(C(=O)CSc2nnnn2Cc2ccco2)c2ccccc2N1. The van der Waals surface area contributed by atoms with Gasteiger partial charge in [-0.25, -0.2) is 4.68 Å². The van der Waals surface area contributed by atoms with E-state index in [1.165, 1.54) is 29.1 Å². The van der Waals surface area contributed by atoms with Gasteiger partial charge < -0.3 is 9.73 Å². The van der Waals surface area contributed by atoms with Crippen molar-refractivity contribution in [2.24, 2.45) is 0 Å². The molecule has 1 unspecified atom stereocenters. The third kappa shape index (κ3) is 4.55. The Morgan fingerprint density at radius 3 is 2.81 bits per heavy atom. The van der Waals surface area contributed by atoms with E-state index in [2.05, 4.69) is 20.8 Å². The topological polar surface area (TPSA) is 106 Å². The maximum Gasteiger partial charge on any atom is 0.409 e. The van der Waals surface area contributed by atoms with Gasteiger partial charge in [-0.3, -0.25) is 14.5 Å². The van der Waals surface area contributed by atoms with Gasteiger partial charge in [-0.05, 0) is 34.7 Å². The van der Waals surface area contributed by atoms with Crippen LogP contribution < -0.4 is 10.2 Å². The summed E-state index contributed by atoms with van der Waals surface area (Å²) in [5.74, 6) is -1.44. The average Bonchev–Trinajstić information content (AvgIpc) is 3.35. The Kier molecular flexibility index (Phi) is 5.67. The minimum Gasteiger partial charge on any atom is -0.467 e. The Morgan fingerprint density at radius 2 is 2.06 bits per heavy atom. The number of carbonyl (C=O) groups excluding carboxylic acids is 2. The predicted octanol–water partition coefficient (Wildman–Crippen LogP) is 2.71. The molecule has 3 aromatic rings. The number of hydrogen-bond acceptors (Lipinski definition) is 7. The first-order valence-corrected chi connectivity index (χ1v) is 10.0. The molecule has 1 aliphatic rings. The molecule has 0 fully saturated rings. The largest absolute Gasteiger partial charge is 0.467 e. The van der Waals surface area contributed by atoms with Crippen molar-refractivity contribution in [1.29, 1.82) is 0 Å². The van der Waals surface area contributed by atoms with Gasteiger partial charge in [-0.2, -0.15) is 13.2 Å². The molecular weight excluding hydrogens is 437 g/mol. The normalized spacial score (nSPS) is 16.5. The lowest BCUT2D eigenvalue weighted by molar-refractivity contribution is -0.157. The minimum absolute atomic E-state index is 0.0172. The molecule has 162 valence electrons. The summed E-state index contributed by atoms with van der Waals surface area (Å²) in [6.07, 6.45) is -4.21. The third-order valence-corrected chi connectivity index (χ3v) is 5.43. The number of nitrogens with zero attached hydrogens (tertiary/aromatic N) is 5. The van der Waals surface area contributed by atoms with E-state index in [1.54, 1.807) is 18.2 Å². The lowest BCUT2D eigenvalue weighted by atomic mass is 10.1. The molecule has 3 heterocycles. The number of carbonyl (C=O) groups is 2. The fraction of sp³-hybridized carbons (Fsp3) is 0.278. The summed E-state index contributed by atoms with van der Waals surface area (Å²) in [6, 6.07) is 7.00. The summed E-state index contributed by atoms with van der Waals surface area (Å²) >= 11 is 0.894. The summed E-state index contributed by atoms with van der Waals surface area (Å²) in [7, 11) is 0. The number of thioether (sulfide) groups is 1. The highest BCUT2D eigenvalue weighted by Crippen LogP contribution is 2.38. The first kappa shape index (κ1) is 20.9. The Balaban J connectivity index is 1.58. The van der Waals surface area contributed by atoms with Crippen molar-refractivity contribution in [3.8, 4) is 0 Å². The van der Waals surface area contributed by atoms with Crippen molar-refractivity contribution < 1.29 is 27.2 Å². The van der Waals surface area contributed by atoms with Crippen LogP contribution in [0.1, 0.15) is 12.2 Å². The molecule has 1 atom stereocenters. The number of para-hydroxylation sites is 2. The standard InChI is InChI=1S/C18H15F3N6O3S/c19-18(20,21)14-8-15(28)22-12-5-1-2-6-13(12)27(14)16(29)10-31-17-23-24-25-26(17)9-11-4-3-7-30-11/h1-7,14H,8-10H2,(H,22,28). The Labute approximate surface area is 177 Å². The second-order valence-electron chi connectivity index (χ2n) is 6.58. The van der Waals surface area contributed by atoms with Crippen LogP contribution in [0.25, 0.3) is 0 Å². The van der Waals surface area contributed by atoms with Gasteiger partial charge in [0.2, 0.25) is 17.0 Å². The highest BCUT2D eigenvalue weighted by atomic mass is 32.2. The van der Waals surface area contributed by atoms with E-state index in [-0.39, 0.29) is 28.8 Å². The summed E-state index contributed by atoms with van der Waals surface area (Å²) < 4.78 is 47.9. The van der Waals surface area contributed by atoms with Crippen molar-refractivity contribution in [1.82, 2.24) is 20.2 Å². The smallest absolute Gasteiger partial charge is 0.409 e. The van der Waals surface area contributed by atoms with Crippen molar-refractivity contribution in [2.45, 2.75) is 30.3 Å². The fourth-order valence-electron chi connectivity index (χ4n) is 3.14. The molecule has 0 radical (unpaired) electrons. The van der Waals surface area contributed by atoms with Crippen LogP contribution in [0, 0.1) is 0 Å². The molecule has 0 saturated heterocycles. The van der Waals surface area contributed by atoms with Gasteiger partial charge in [0.15, 0.2) is 0 Å². The molecule has 2 amide bonds. The molecule has 1 N–H and O–H groups in total. The van der Waals surface area contributed by atoms with E-state index in [1.807, 2.05) is 0 Å². The number of rotatable bonds is 5. The number of halogens is 3. The van der Waals surface area contributed by atoms with Crippen LogP contribution >= 0.6 is 11.8 Å². The molecule has 9 nitrogen and oxygen atoms in total. The van der Waals surface area contributed by atoms with Crippen LogP contribution in [-0.4, -0.2) is 50.0 Å². The van der Waals surface area contributed by atoms with E-state index in [9.17, 15) is 22.8 Å². The third-order valence-electron chi connectivity index (χ3n) is 4.48. The number of tetrazole rings is 1. The van der Waals surface area contributed by atoms with Crippen LogP contribution in [0.15, 0.2) is 52.2 Å². The van der Waals surface area contributed by atoms with E-state index in [0.717, 1.165) is 11.8 Å². The number of benzene rings is 1. The summed E-state index contributed by atoms with van der Waals surface area (Å²) in [5, 5.41) is 13.8. The Hall–Kier alpha value is -3.35. The van der Waals surface area contributed by atoms with Gasteiger partial charge in [0, 0.05) is 0 Å². The monoisotopic (exact) mass is 452 g/mol. The molecular formula is C18H15F3N6O3S. The zero-order chi connectivity index (χ0) is 22.0. The molecule has 13 heteroatoms. The quantitative estimate of drug-likeness (QED) is 0.594. The highest BCUT2D eigenvalue weighted by Gasteiger charge is 2.48. The van der Waals surface area contributed by atoms with Crippen molar-refractivity contribution in [3.63, 3.8) is 0 Å². The van der Waals surface area contributed by atoms with Crippen LogP contribution in [0.4, 0.5) is 24.5 Å². The summed E-state index contributed by atoms with van der Waals surface area (Å²) in [6.45, 7) is 0.201. The average molecular weight is 452 g/mol. The number of furan rings is 1. The van der Waals surface area contributed by atoms with Crippen LogP contribution in [0.3, 0.4) is 0 Å². The number of amides is 2.